The summed E-state index contributed by atoms with van der Waals surface area (Å²) in [5.74, 6) is 0. The predicted octanol–water partition coefficient (Wildman–Crippen LogP) is 14.9. The lowest BCUT2D eigenvalue weighted by Gasteiger charge is -2.52. The number of benzene rings is 10. The van der Waals surface area contributed by atoms with E-state index in [1.54, 1.807) is 0 Å². The molecular weight excluding hydrogens is 713 g/mol. The van der Waals surface area contributed by atoms with E-state index in [-0.39, 0.29) is 5.41 Å². The first-order valence-corrected chi connectivity index (χ1v) is 20.5. The first-order chi connectivity index (χ1) is 29.3. The van der Waals surface area contributed by atoms with Gasteiger partial charge in [-0.1, -0.05) is 158 Å². The highest BCUT2D eigenvalue weighted by Crippen LogP contribution is 2.65. The normalized spacial score (nSPS) is 13.2. The monoisotopic (exact) mass is 748 g/mol. The molecule has 0 radical (unpaired) electrons. The van der Waals surface area contributed by atoms with Crippen LogP contribution in [0, 0.1) is 0 Å². The maximum absolute atomic E-state index is 2.46. The Balaban J connectivity index is 0.976. The number of hydrogen-bond donors (Lipinski definition) is 0. The van der Waals surface area contributed by atoms with Crippen LogP contribution in [-0.4, -0.2) is 4.57 Å². The van der Waals surface area contributed by atoms with Crippen LogP contribution in [0.1, 0.15) is 22.3 Å². The third-order valence-electron chi connectivity index (χ3n) is 13.1. The van der Waals surface area contributed by atoms with Gasteiger partial charge in [0.2, 0.25) is 0 Å². The molecule has 0 saturated heterocycles. The predicted molar refractivity (Wildman–Crippen MR) is 247 cm³/mol. The summed E-state index contributed by atoms with van der Waals surface area (Å²) in [6.45, 7) is 0. The van der Waals surface area contributed by atoms with Gasteiger partial charge in [0.25, 0.3) is 0 Å². The average Bonchev–Trinajstić information content (AvgIpc) is 3.63. The van der Waals surface area contributed by atoms with Crippen molar-refractivity contribution in [1.82, 2.24) is 4.57 Å². The summed E-state index contributed by atoms with van der Waals surface area (Å²) in [4.78, 5) is 2.46. The van der Waals surface area contributed by atoms with Gasteiger partial charge in [-0.15, -0.1) is 0 Å². The molecule has 59 heavy (non-hydrogen) atoms. The Bertz CT molecular complexity index is 3440. The highest BCUT2D eigenvalue weighted by molar-refractivity contribution is 6.14. The van der Waals surface area contributed by atoms with Crippen molar-refractivity contribution in [1.29, 1.82) is 0 Å². The number of fused-ring (bicyclic) bond motifs is 7. The highest BCUT2D eigenvalue weighted by atomic mass is 15.1. The second-order valence-corrected chi connectivity index (χ2v) is 16.0. The van der Waals surface area contributed by atoms with Gasteiger partial charge in [0.1, 0.15) is 0 Å². The molecule has 0 aliphatic heterocycles. The first kappa shape index (κ1) is 32.4. The van der Waals surface area contributed by atoms with Crippen LogP contribution in [0.5, 0.6) is 0 Å². The van der Waals surface area contributed by atoms with Crippen LogP contribution in [0.3, 0.4) is 0 Å². The van der Waals surface area contributed by atoms with Crippen LogP contribution in [0.4, 0.5) is 17.1 Å². The van der Waals surface area contributed by atoms with Crippen LogP contribution >= 0.6 is 0 Å². The summed E-state index contributed by atoms with van der Waals surface area (Å²) in [6, 6.07) is 80.5. The van der Waals surface area contributed by atoms with E-state index in [1.807, 2.05) is 0 Å². The lowest BCUT2D eigenvalue weighted by Crippen LogP contribution is -2.43. The number of hydrogen-bond acceptors (Lipinski definition) is 1. The van der Waals surface area contributed by atoms with Crippen LogP contribution < -0.4 is 4.90 Å². The van der Waals surface area contributed by atoms with E-state index >= 15 is 0 Å². The number of aromatic nitrogens is 1. The molecule has 2 aliphatic rings. The van der Waals surface area contributed by atoms with Crippen LogP contribution in [0.25, 0.3) is 71.3 Å². The molecule has 13 rings (SSSR count). The second-order valence-electron chi connectivity index (χ2n) is 16.0. The maximum Gasteiger partial charge on any atom is 0.0726 e. The second kappa shape index (κ2) is 12.2. The minimum atomic E-state index is -0.159. The van der Waals surface area contributed by atoms with Crippen molar-refractivity contribution in [3.05, 3.63) is 241 Å². The van der Waals surface area contributed by atoms with E-state index in [4.69, 9.17) is 0 Å². The zero-order valence-electron chi connectivity index (χ0n) is 32.2. The summed E-state index contributed by atoms with van der Waals surface area (Å²) in [5, 5.41) is 7.90. The number of anilines is 3. The largest absolute Gasteiger partial charge is 0.310 e. The molecule has 1 aromatic heterocycles. The van der Waals surface area contributed by atoms with E-state index in [1.165, 1.54) is 99.2 Å². The minimum Gasteiger partial charge on any atom is -0.310 e. The fraction of sp³-hybridized carbons (Fsp3) is 0.0175. The molecule has 0 atom stereocenters. The molecular formula is C57H36N2. The lowest BCUT2D eigenvalue weighted by molar-refractivity contribution is 0.701. The summed E-state index contributed by atoms with van der Waals surface area (Å²) >= 11 is 0. The van der Waals surface area contributed by atoms with Crippen LogP contribution in [0.15, 0.2) is 218 Å². The van der Waals surface area contributed by atoms with Crippen molar-refractivity contribution in [3.63, 3.8) is 0 Å². The van der Waals surface area contributed by atoms with E-state index in [9.17, 15) is 0 Å². The third kappa shape index (κ3) is 4.40. The van der Waals surface area contributed by atoms with E-state index in [0.717, 1.165) is 11.4 Å². The van der Waals surface area contributed by atoms with Crippen molar-refractivity contribution < 1.29 is 0 Å². The number of para-hydroxylation sites is 2. The lowest BCUT2D eigenvalue weighted by atomic mass is 9.49. The molecule has 2 nitrogen and oxygen atoms in total. The van der Waals surface area contributed by atoms with E-state index in [2.05, 4.69) is 228 Å². The molecule has 274 valence electrons. The number of nitrogens with zero attached hydrogens (tertiary/aromatic N) is 2. The zero-order chi connectivity index (χ0) is 38.7. The van der Waals surface area contributed by atoms with Crippen molar-refractivity contribution in [2.24, 2.45) is 0 Å². The summed E-state index contributed by atoms with van der Waals surface area (Å²) < 4.78 is 2.38. The quantitative estimate of drug-likeness (QED) is 0.164. The van der Waals surface area contributed by atoms with Gasteiger partial charge < -0.3 is 9.47 Å². The van der Waals surface area contributed by atoms with E-state index in [0.29, 0.717) is 0 Å². The van der Waals surface area contributed by atoms with Gasteiger partial charge in [-0.3, -0.25) is 0 Å². The topological polar surface area (TPSA) is 8.17 Å². The fourth-order valence-corrected chi connectivity index (χ4v) is 10.6. The molecule has 10 aromatic carbocycles. The molecule has 11 aromatic rings. The minimum absolute atomic E-state index is 0.159. The maximum atomic E-state index is 2.46. The van der Waals surface area contributed by atoms with Gasteiger partial charge in [0.05, 0.1) is 22.1 Å². The summed E-state index contributed by atoms with van der Waals surface area (Å²) in [6.07, 6.45) is 0. The Morgan fingerprint density at radius 1 is 0.339 bits per heavy atom. The standard InChI is InChI=1S/C57H36N2/c1-3-13-37(14-4-1)38-27-30-43(31-28-38)58(53-34-32-51-56-46(53)22-12-25-50(56)57(51)48-23-10-15-39-16-11-24-49(57)55(39)48)44-20-9-17-40(35-44)41-29-33-54-47(36-41)45-21-7-8-26-52(45)59(54)42-18-5-2-6-19-42/h1-36H. The Morgan fingerprint density at radius 3 is 1.71 bits per heavy atom. The Morgan fingerprint density at radius 2 is 0.915 bits per heavy atom. The highest BCUT2D eigenvalue weighted by Gasteiger charge is 2.54. The van der Waals surface area contributed by atoms with Crippen LogP contribution in [0.2, 0.25) is 0 Å². The molecule has 0 fully saturated rings. The Labute approximate surface area is 342 Å². The average molecular weight is 749 g/mol. The molecule has 1 heterocycles. The number of rotatable bonds is 6. The van der Waals surface area contributed by atoms with Gasteiger partial charge in [0, 0.05) is 33.2 Å². The Kier molecular flexibility index (Phi) is 6.68. The van der Waals surface area contributed by atoms with Crippen LogP contribution in [-0.2, 0) is 5.41 Å². The van der Waals surface area contributed by atoms with Gasteiger partial charge >= 0.3 is 0 Å². The molecule has 0 N–H and O–H groups in total. The van der Waals surface area contributed by atoms with E-state index < -0.39 is 0 Å². The fourth-order valence-electron chi connectivity index (χ4n) is 10.6. The van der Waals surface area contributed by atoms with Crippen molar-refractivity contribution in [3.8, 4) is 27.9 Å². The molecule has 2 heteroatoms. The van der Waals surface area contributed by atoms with Crippen molar-refractivity contribution >= 4 is 60.4 Å². The van der Waals surface area contributed by atoms with Crippen molar-refractivity contribution in [2.75, 3.05) is 4.90 Å². The summed E-state index contributed by atoms with van der Waals surface area (Å²) in [5.41, 5.74) is 17.3. The SMILES string of the molecule is c1ccc(-c2ccc(N(c3cccc(-c4ccc5c(c4)c4ccccc4n5-c4ccccc4)c3)c3ccc4c5c(cccc35)C43c4cccc5cccc3c45)cc2)cc1. The molecule has 0 saturated carbocycles. The molecule has 2 aliphatic carbocycles. The van der Waals surface area contributed by atoms with Crippen molar-refractivity contribution in [2.45, 2.75) is 5.41 Å². The van der Waals surface area contributed by atoms with Gasteiger partial charge in [-0.05, 0) is 121 Å². The zero-order valence-corrected chi connectivity index (χ0v) is 32.2. The molecule has 0 bridgehead atoms. The summed E-state index contributed by atoms with van der Waals surface area (Å²) in [7, 11) is 0. The Hall–Kier alpha value is -7.68. The molecule has 0 unspecified atom stereocenters. The molecule has 1 spiro atoms. The van der Waals surface area contributed by atoms with Gasteiger partial charge in [-0.25, -0.2) is 0 Å². The van der Waals surface area contributed by atoms with Gasteiger partial charge in [-0.2, -0.15) is 0 Å². The smallest absolute Gasteiger partial charge is 0.0726 e. The molecule has 0 amide bonds. The van der Waals surface area contributed by atoms with Gasteiger partial charge in [0.15, 0.2) is 0 Å². The first-order valence-electron chi connectivity index (χ1n) is 20.5. The third-order valence-corrected chi connectivity index (χ3v) is 13.1.